The van der Waals surface area contributed by atoms with E-state index < -0.39 is 0 Å². The zero-order valence-electron chi connectivity index (χ0n) is 43.5. The van der Waals surface area contributed by atoms with E-state index >= 15 is 0 Å². The average Bonchev–Trinajstić information content (AvgIpc) is 3.30. The van der Waals surface area contributed by atoms with Crippen molar-refractivity contribution >= 4 is 0 Å². The van der Waals surface area contributed by atoms with E-state index in [4.69, 9.17) is 0 Å². The minimum Gasteiger partial charge on any atom is -0.307 e. The van der Waals surface area contributed by atoms with Crippen molar-refractivity contribution in [3.63, 3.8) is 0 Å². The molecule has 68 heavy (non-hydrogen) atoms. The van der Waals surface area contributed by atoms with E-state index in [-0.39, 0.29) is 33.0 Å². The molecule has 8 rings (SSSR count). The molecule has 4 heterocycles. The summed E-state index contributed by atoms with van der Waals surface area (Å²) in [6.45, 7) is 26.2. The lowest BCUT2D eigenvalue weighted by Crippen LogP contribution is -2.64. The van der Waals surface area contributed by atoms with Crippen LogP contribution in [0.2, 0.25) is 0 Å². The summed E-state index contributed by atoms with van der Waals surface area (Å²) in [4.78, 5) is 0. The Balaban J connectivity index is 0.975. The van der Waals surface area contributed by atoms with Gasteiger partial charge in [0.15, 0.2) is 24.8 Å². The number of aromatic nitrogens is 2. The molecule has 2 aliphatic rings. The lowest BCUT2D eigenvalue weighted by atomic mass is 9.55. The first-order chi connectivity index (χ1) is 32.4. The van der Waals surface area contributed by atoms with Gasteiger partial charge in [-0.05, 0) is 150 Å². The maximum atomic E-state index is 4.03. The van der Waals surface area contributed by atoms with Crippen LogP contribution in [0, 0.1) is 11.8 Å². The molecule has 4 heteroatoms. The summed E-state index contributed by atoms with van der Waals surface area (Å²) >= 11 is 0. The van der Waals surface area contributed by atoms with Crippen molar-refractivity contribution in [3.8, 4) is 33.4 Å². The summed E-state index contributed by atoms with van der Waals surface area (Å²) in [5.41, 5.74) is 11.0. The fourth-order valence-corrected chi connectivity index (χ4v) is 14.3. The standard InChI is InChI=1S/C64H84N4/c1-11-19-55(63(45-59(3,4)65-60(5,6)46-63)57-29-25-51(26-30-57)49-21-15-13-16-22-49)37-43-67-39-33-53(34-40-67)54-35-41-68(42-36-54)44-38-56(20-12-2)64(47-61(7,8)66-62(9,10)48-64)58-31-27-52(28-32-58)50-23-17-14-18-24-50/h13-18,21-36,39-42,55-56,65-66H,11-12,19-20,37-38,43-48H2,1-10H3/q+2. The van der Waals surface area contributed by atoms with Crippen LogP contribution < -0.4 is 19.8 Å². The third kappa shape index (κ3) is 11.4. The molecular weight excluding hydrogens is 825 g/mol. The first kappa shape index (κ1) is 49.5. The van der Waals surface area contributed by atoms with Gasteiger partial charge in [0.05, 0.1) is 0 Å². The molecule has 2 aliphatic heterocycles. The Kier molecular flexibility index (Phi) is 14.7. The molecule has 6 aromatic rings. The molecular formula is C64H84N4+2. The zero-order valence-corrected chi connectivity index (χ0v) is 43.5. The van der Waals surface area contributed by atoms with Crippen LogP contribution in [-0.4, -0.2) is 22.2 Å². The Labute approximate surface area is 412 Å². The van der Waals surface area contributed by atoms with Gasteiger partial charge in [0.2, 0.25) is 0 Å². The minimum atomic E-state index is 0.0330. The summed E-state index contributed by atoms with van der Waals surface area (Å²) in [6, 6.07) is 50.3. The zero-order chi connectivity index (χ0) is 48.2. The molecule has 0 amide bonds. The lowest BCUT2D eigenvalue weighted by molar-refractivity contribution is -0.698. The van der Waals surface area contributed by atoms with E-state index in [0.29, 0.717) is 11.8 Å². The number of aryl methyl sites for hydroxylation is 2. The van der Waals surface area contributed by atoms with Crippen LogP contribution in [0.3, 0.4) is 0 Å². The minimum absolute atomic E-state index is 0.0330. The molecule has 2 atom stereocenters. The molecule has 2 N–H and O–H groups in total. The number of nitrogens with zero attached hydrogens (tertiary/aromatic N) is 2. The van der Waals surface area contributed by atoms with Gasteiger partial charge < -0.3 is 10.6 Å². The Hall–Kier alpha value is -4.90. The predicted octanol–water partition coefficient (Wildman–Crippen LogP) is 14.6. The second-order valence-corrected chi connectivity index (χ2v) is 23.9. The predicted molar refractivity (Wildman–Crippen MR) is 286 cm³/mol. The van der Waals surface area contributed by atoms with Crippen LogP contribution in [-0.2, 0) is 23.9 Å². The molecule has 4 aromatic carbocycles. The Morgan fingerprint density at radius 1 is 0.368 bits per heavy atom. The Bertz CT molecular complexity index is 2300. The molecule has 2 unspecified atom stereocenters. The molecule has 0 aliphatic carbocycles. The summed E-state index contributed by atoms with van der Waals surface area (Å²) in [7, 11) is 0. The van der Waals surface area contributed by atoms with Crippen molar-refractivity contribution in [2.75, 3.05) is 0 Å². The molecule has 0 radical (unpaired) electrons. The van der Waals surface area contributed by atoms with Crippen molar-refractivity contribution in [1.29, 1.82) is 0 Å². The van der Waals surface area contributed by atoms with Crippen LogP contribution in [0.25, 0.3) is 33.4 Å². The van der Waals surface area contributed by atoms with Gasteiger partial charge in [0.1, 0.15) is 13.1 Å². The van der Waals surface area contributed by atoms with E-state index in [9.17, 15) is 0 Å². The van der Waals surface area contributed by atoms with Crippen LogP contribution in [0.15, 0.2) is 158 Å². The molecule has 0 bridgehead atoms. The Morgan fingerprint density at radius 3 is 0.941 bits per heavy atom. The van der Waals surface area contributed by atoms with Crippen molar-refractivity contribution in [3.05, 3.63) is 169 Å². The quantitative estimate of drug-likeness (QED) is 0.0894. The van der Waals surface area contributed by atoms with Gasteiger partial charge >= 0.3 is 0 Å². The van der Waals surface area contributed by atoms with E-state index in [1.807, 2.05) is 0 Å². The summed E-state index contributed by atoms with van der Waals surface area (Å²) in [6.07, 6.45) is 21.0. The fourth-order valence-electron chi connectivity index (χ4n) is 14.3. The molecule has 0 spiro atoms. The van der Waals surface area contributed by atoms with E-state index in [1.165, 1.54) is 70.2 Å². The number of nitrogens with one attached hydrogen (secondary N) is 2. The highest BCUT2D eigenvalue weighted by molar-refractivity contribution is 5.65. The van der Waals surface area contributed by atoms with E-state index in [0.717, 1.165) is 51.6 Å². The molecule has 4 nitrogen and oxygen atoms in total. The number of pyridine rings is 2. The smallest absolute Gasteiger partial charge is 0.169 e. The fraction of sp³-hybridized carbons (Fsp3) is 0.469. The van der Waals surface area contributed by atoms with Crippen LogP contribution in [0.5, 0.6) is 0 Å². The van der Waals surface area contributed by atoms with E-state index in [1.54, 1.807) is 0 Å². The normalized spacial score (nSPS) is 19.7. The van der Waals surface area contributed by atoms with Gasteiger partial charge in [-0.2, -0.15) is 0 Å². The average molecular weight is 909 g/mol. The van der Waals surface area contributed by atoms with Crippen molar-refractivity contribution in [1.82, 2.24) is 10.6 Å². The maximum Gasteiger partial charge on any atom is 0.169 e. The first-order valence-electron chi connectivity index (χ1n) is 26.3. The van der Waals surface area contributed by atoms with Gasteiger partial charge in [0, 0.05) is 70.1 Å². The van der Waals surface area contributed by atoms with Gasteiger partial charge in [-0.15, -0.1) is 0 Å². The number of benzene rings is 4. The van der Waals surface area contributed by atoms with Gasteiger partial charge in [-0.3, -0.25) is 0 Å². The highest BCUT2D eigenvalue weighted by Crippen LogP contribution is 2.53. The highest BCUT2D eigenvalue weighted by atomic mass is 15.1. The van der Waals surface area contributed by atoms with Gasteiger partial charge in [-0.25, -0.2) is 9.13 Å². The van der Waals surface area contributed by atoms with Gasteiger partial charge in [0.25, 0.3) is 0 Å². The van der Waals surface area contributed by atoms with Crippen LogP contribution >= 0.6 is 0 Å². The first-order valence-corrected chi connectivity index (χ1v) is 26.3. The largest absolute Gasteiger partial charge is 0.307 e. The SMILES string of the molecule is CCCC(CC[n+]1ccc(-c2cc[n+](CCC(CCC)C3(c4ccc(-c5ccccc5)cc4)CC(C)(C)NC(C)(C)C3)cc2)cc1)C1(c2ccc(-c3ccccc3)cc2)CC(C)(C)NC(C)(C)C1. The molecule has 2 fully saturated rings. The lowest BCUT2D eigenvalue weighted by Gasteiger charge is -2.56. The third-order valence-corrected chi connectivity index (χ3v) is 15.9. The number of rotatable bonds is 17. The summed E-state index contributed by atoms with van der Waals surface area (Å²) in [5, 5.41) is 8.06. The summed E-state index contributed by atoms with van der Waals surface area (Å²) in [5.74, 6) is 1.12. The molecule has 2 saturated heterocycles. The highest BCUT2D eigenvalue weighted by Gasteiger charge is 2.53. The van der Waals surface area contributed by atoms with E-state index in [2.05, 4.69) is 247 Å². The Morgan fingerprint density at radius 2 is 0.647 bits per heavy atom. The topological polar surface area (TPSA) is 31.8 Å². The number of piperidine rings is 2. The third-order valence-electron chi connectivity index (χ3n) is 15.9. The van der Waals surface area contributed by atoms with Crippen LogP contribution in [0.1, 0.15) is 145 Å². The second-order valence-electron chi connectivity index (χ2n) is 23.9. The second kappa shape index (κ2) is 20.2. The molecule has 358 valence electrons. The molecule has 2 aromatic heterocycles. The van der Waals surface area contributed by atoms with Gasteiger partial charge in [-0.1, -0.05) is 136 Å². The molecule has 0 saturated carbocycles. The number of hydrogen-bond acceptors (Lipinski definition) is 2. The van der Waals surface area contributed by atoms with Crippen molar-refractivity contribution < 1.29 is 9.13 Å². The van der Waals surface area contributed by atoms with Crippen molar-refractivity contribution in [2.24, 2.45) is 11.8 Å². The van der Waals surface area contributed by atoms with Crippen LogP contribution in [0.4, 0.5) is 0 Å². The maximum absolute atomic E-state index is 4.03. The number of hydrogen-bond donors (Lipinski definition) is 2. The van der Waals surface area contributed by atoms with Crippen molar-refractivity contribution in [2.45, 2.75) is 180 Å². The monoisotopic (exact) mass is 909 g/mol. The summed E-state index contributed by atoms with van der Waals surface area (Å²) < 4.78 is 4.86.